The Morgan fingerprint density at radius 2 is 2.00 bits per heavy atom. The van der Waals surface area contributed by atoms with Crippen LogP contribution >= 0.6 is 0 Å². The van der Waals surface area contributed by atoms with E-state index in [1.165, 1.54) is 0 Å². The number of pyridine rings is 1. The van der Waals surface area contributed by atoms with Crippen molar-refractivity contribution in [2.45, 2.75) is 45.0 Å². The first-order chi connectivity index (χ1) is 11.0. The molecule has 0 aliphatic rings. The molecule has 0 saturated heterocycles. The molecule has 1 rings (SSSR count). The Morgan fingerprint density at radius 3 is 2.54 bits per heavy atom. The van der Waals surface area contributed by atoms with E-state index in [-0.39, 0.29) is 18.5 Å². The van der Waals surface area contributed by atoms with Crippen LogP contribution in [0.2, 0.25) is 0 Å². The summed E-state index contributed by atoms with van der Waals surface area (Å²) in [5.41, 5.74) is -1.40. The number of rotatable bonds is 6. The first kappa shape index (κ1) is 19.8. The standard InChI is InChI=1S/C15H21FN2O6/c1-15(2,3)24-14(23)17-5-4-10(19)11(20)8-6-9(13(21)22)12(16)18-7-8/h6-7,10-11,19-20H,4-5H2,1-3H3,(H,17,23)(H,21,22). The van der Waals surface area contributed by atoms with Crippen molar-refractivity contribution in [1.82, 2.24) is 10.3 Å². The molecule has 0 saturated carbocycles. The number of aliphatic hydroxyl groups is 2. The smallest absolute Gasteiger partial charge is 0.407 e. The number of alkyl carbamates (subject to hydrolysis) is 1. The van der Waals surface area contributed by atoms with Crippen molar-refractivity contribution in [2.24, 2.45) is 0 Å². The van der Waals surface area contributed by atoms with Crippen molar-refractivity contribution < 1.29 is 34.0 Å². The fourth-order valence-corrected chi connectivity index (χ4v) is 1.79. The second-order valence-electron chi connectivity index (χ2n) is 6.14. The van der Waals surface area contributed by atoms with Crippen LogP contribution in [0.25, 0.3) is 0 Å². The number of aromatic carboxylic acids is 1. The molecule has 0 fully saturated rings. The molecule has 0 radical (unpaired) electrons. The second-order valence-corrected chi connectivity index (χ2v) is 6.14. The number of hydrogen-bond donors (Lipinski definition) is 4. The van der Waals surface area contributed by atoms with Crippen molar-refractivity contribution in [3.8, 4) is 0 Å². The van der Waals surface area contributed by atoms with Gasteiger partial charge in [-0.3, -0.25) is 0 Å². The number of carbonyl (C=O) groups is 2. The molecule has 0 aliphatic heterocycles. The van der Waals surface area contributed by atoms with Crippen molar-refractivity contribution in [2.75, 3.05) is 6.54 Å². The predicted octanol–water partition coefficient (Wildman–Crippen LogP) is 1.23. The van der Waals surface area contributed by atoms with Gasteiger partial charge in [0.2, 0.25) is 5.95 Å². The molecule has 0 spiro atoms. The lowest BCUT2D eigenvalue weighted by Gasteiger charge is -2.21. The topological polar surface area (TPSA) is 129 Å². The number of aromatic nitrogens is 1. The van der Waals surface area contributed by atoms with Gasteiger partial charge in [0.05, 0.1) is 6.10 Å². The van der Waals surface area contributed by atoms with Crippen LogP contribution in [0.5, 0.6) is 0 Å². The van der Waals surface area contributed by atoms with Gasteiger partial charge in [-0.05, 0) is 33.3 Å². The zero-order valence-corrected chi connectivity index (χ0v) is 13.6. The summed E-state index contributed by atoms with van der Waals surface area (Å²) in [6.45, 7) is 5.12. The van der Waals surface area contributed by atoms with E-state index in [1.807, 2.05) is 0 Å². The van der Waals surface area contributed by atoms with E-state index >= 15 is 0 Å². The van der Waals surface area contributed by atoms with E-state index in [4.69, 9.17) is 9.84 Å². The molecule has 9 heteroatoms. The molecule has 0 aliphatic carbocycles. The molecule has 4 N–H and O–H groups in total. The number of hydrogen-bond acceptors (Lipinski definition) is 6. The molecule has 1 aromatic rings. The number of aliphatic hydroxyl groups excluding tert-OH is 2. The Balaban J connectivity index is 2.59. The molecule has 1 amide bonds. The van der Waals surface area contributed by atoms with E-state index in [0.717, 1.165) is 12.3 Å². The summed E-state index contributed by atoms with van der Waals surface area (Å²) < 4.78 is 18.2. The quantitative estimate of drug-likeness (QED) is 0.571. The molecule has 0 bridgehead atoms. The molecule has 134 valence electrons. The number of nitrogens with zero attached hydrogens (tertiary/aromatic N) is 1. The lowest BCUT2D eigenvalue weighted by atomic mass is 10.0. The molecule has 0 aromatic carbocycles. The summed E-state index contributed by atoms with van der Waals surface area (Å²) in [7, 11) is 0. The van der Waals surface area contributed by atoms with Crippen LogP contribution in [-0.2, 0) is 4.74 Å². The average Bonchev–Trinajstić information content (AvgIpc) is 2.44. The fourth-order valence-electron chi connectivity index (χ4n) is 1.79. The first-order valence-electron chi connectivity index (χ1n) is 7.23. The molecule has 2 atom stereocenters. The summed E-state index contributed by atoms with van der Waals surface area (Å²) in [6.07, 6.45) is -2.54. The zero-order valence-electron chi connectivity index (χ0n) is 13.6. The van der Waals surface area contributed by atoms with Gasteiger partial charge in [0, 0.05) is 18.3 Å². The van der Waals surface area contributed by atoms with E-state index in [0.29, 0.717) is 0 Å². The van der Waals surface area contributed by atoms with Gasteiger partial charge in [-0.15, -0.1) is 0 Å². The SMILES string of the molecule is CC(C)(C)OC(=O)NCCC(O)C(O)c1cnc(F)c(C(=O)O)c1. The molecule has 2 unspecified atom stereocenters. The highest BCUT2D eigenvalue weighted by Crippen LogP contribution is 2.20. The molecule has 8 nitrogen and oxygen atoms in total. The highest BCUT2D eigenvalue weighted by Gasteiger charge is 2.22. The van der Waals surface area contributed by atoms with E-state index in [1.54, 1.807) is 20.8 Å². The monoisotopic (exact) mass is 344 g/mol. The van der Waals surface area contributed by atoms with Crippen LogP contribution in [0.4, 0.5) is 9.18 Å². The van der Waals surface area contributed by atoms with Crippen LogP contribution in [0.3, 0.4) is 0 Å². The zero-order chi connectivity index (χ0) is 18.5. The van der Waals surface area contributed by atoms with Gasteiger partial charge in [0.1, 0.15) is 17.3 Å². The van der Waals surface area contributed by atoms with Crippen LogP contribution < -0.4 is 5.32 Å². The van der Waals surface area contributed by atoms with Crippen molar-refractivity contribution in [3.63, 3.8) is 0 Å². The molecule has 1 heterocycles. The Labute approximate surface area is 138 Å². The van der Waals surface area contributed by atoms with Gasteiger partial charge in [-0.1, -0.05) is 0 Å². The summed E-state index contributed by atoms with van der Waals surface area (Å²) in [6, 6.07) is 0.903. The Morgan fingerprint density at radius 1 is 1.38 bits per heavy atom. The molecule has 1 aromatic heterocycles. The minimum absolute atomic E-state index is 0.0214. The highest BCUT2D eigenvalue weighted by atomic mass is 19.1. The number of carbonyl (C=O) groups excluding carboxylic acids is 1. The van der Waals surface area contributed by atoms with Gasteiger partial charge < -0.3 is 25.4 Å². The summed E-state index contributed by atoms with van der Waals surface area (Å²) in [5.74, 6) is -2.71. The van der Waals surface area contributed by atoms with Crippen LogP contribution in [0.1, 0.15) is 49.2 Å². The van der Waals surface area contributed by atoms with Crippen LogP contribution in [0, 0.1) is 5.95 Å². The number of carboxylic acid groups (broad SMARTS) is 1. The van der Waals surface area contributed by atoms with Crippen molar-refractivity contribution in [1.29, 1.82) is 0 Å². The highest BCUT2D eigenvalue weighted by molar-refractivity contribution is 5.87. The van der Waals surface area contributed by atoms with E-state index < -0.39 is 41.4 Å². The minimum Gasteiger partial charge on any atom is -0.478 e. The molecular weight excluding hydrogens is 323 g/mol. The van der Waals surface area contributed by atoms with Gasteiger partial charge in [-0.25, -0.2) is 14.6 Å². The third-order valence-electron chi connectivity index (χ3n) is 2.90. The number of nitrogens with one attached hydrogen (secondary N) is 1. The Bertz CT molecular complexity index is 602. The Kier molecular flexibility index (Phi) is 6.61. The molecular formula is C15H21FN2O6. The molecule has 24 heavy (non-hydrogen) atoms. The van der Waals surface area contributed by atoms with Crippen molar-refractivity contribution >= 4 is 12.1 Å². The van der Waals surface area contributed by atoms with Gasteiger partial charge in [0.15, 0.2) is 0 Å². The van der Waals surface area contributed by atoms with Gasteiger partial charge in [-0.2, -0.15) is 4.39 Å². The van der Waals surface area contributed by atoms with Crippen molar-refractivity contribution in [3.05, 3.63) is 29.3 Å². The fraction of sp³-hybridized carbons (Fsp3) is 0.533. The number of halogens is 1. The minimum atomic E-state index is -1.53. The predicted molar refractivity (Wildman–Crippen MR) is 81.0 cm³/mol. The van der Waals surface area contributed by atoms with Crippen LogP contribution in [-0.4, -0.2) is 50.6 Å². The largest absolute Gasteiger partial charge is 0.478 e. The third kappa shape index (κ3) is 6.09. The van der Waals surface area contributed by atoms with E-state index in [9.17, 15) is 24.2 Å². The Hall–Kier alpha value is -2.26. The average molecular weight is 344 g/mol. The normalized spacial score (nSPS) is 13.9. The third-order valence-corrected chi connectivity index (χ3v) is 2.90. The second kappa shape index (κ2) is 8.02. The van der Waals surface area contributed by atoms with Gasteiger partial charge in [0.25, 0.3) is 0 Å². The number of carboxylic acids is 1. The van der Waals surface area contributed by atoms with Gasteiger partial charge >= 0.3 is 12.1 Å². The van der Waals surface area contributed by atoms with Crippen LogP contribution in [0.15, 0.2) is 12.3 Å². The summed E-state index contributed by atoms with van der Waals surface area (Å²) in [5, 5.41) is 31.1. The number of amides is 1. The number of ether oxygens (including phenoxy) is 1. The maximum absolute atomic E-state index is 13.2. The first-order valence-corrected chi connectivity index (χ1v) is 7.23. The lowest BCUT2D eigenvalue weighted by molar-refractivity contribution is 0.0119. The summed E-state index contributed by atoms with van der Waals surface area (Å²) >= 11 is 0. The van der Waals surface area contributed by atoms with E-state index in [2.05, 4.69) is 10.3 Å². The summed E-state index contributed by atoms with van der Waals surface area (Å²) in [4.78, 5) is 25.5. The maximum Gasteiger partial charge on any atom is 0.407 e. The lowest BCUT2D eigenvalue weighted by Crippen LogP contribution is -2.34. The maximum atomic E-state index is 13.2.